The highest BCUT2D eigenvalue weighted by atomic mass is 16.5. The topological polar surface area (TPSA) is 122 Å². The van der Waals surface area contributed by atoms with Crippen LogP contribution in [0.2, 0.25) is 0 Å². The summed E-state index contributed by atoms with van der Waals surface area (Å²) in [4.78, 5) is 43.0. The number of imide groups is 1. The monoisotopic (exact) mass is 371 g/mol. The zero-order valence-corrected chi connectivity index (χ0v) is 15.1. The van der Waals surface area contributed by atoms with Gasteiger partial charge in [0.1, 0.15) is 0 Å². The van der Waals surface area contributed by atoms with Gasteiger partial charge in [-0.15, -0.1) is 0 Å². The van der Waals surface area contributed by atoms with Crippen molar-refractivity contribution in [3.8, 4) is 0 Å². The Hall–Kier alpha value is -3.49. The van der Waals surface area contributed by atoms with Gasteiger partial charge in [-0.05, 0) is 43.2 Å². The van der Waals surface area contributed by atoms with Crippen LogP contribution < -0.4 is 16.0 Å². The third-order valence-corrected chi connectivity index (χ3v) is 3.56. The summed E-state index contributed by atoms with van der Waals surface area (Å²) in [5, 5.41) is 7.49. The molecular weight excluding hydrogens is 350 g/mol. The van der Waals surface area contributed by atoms with Gasteiger partial charge in [0.05, 0.1) is 6.42 Å². The number of carbonyl (C=O) groups is 3. The molecule has 9 heteroatoms. The molecule has 0 saturated carbocycles. The lowest BCUT2D eigenvalue weighted by Crippen LogP contribution is -2.37. The number of nitrogens with zero attached hydrogens (tertiary/aromatic N) is 2. The highest BCUT2D eigenvalue weighted by Crippen LogP contribution is 2.13. The molecule has 1 aromatic carbocycles. The minimum absolute atomic E-state index is 0.0281. The molecule has 0 spiro atoms. The Labute approximate surface area is 156 Å². The van der Waals surface area contributed by atoms with Crippen LogP contribution in [0.1, 0.15) is 17.5 Å². The van der Waals surface area contributed by atoms with Crippen LogP contribution in [-0.4, -0.2) is 41.0 Å². The van der Waals surface area contributed by atoms with Crippen LogP contribution in [-0.2, 0) is 14.3 Å². The Bertz CT molecular complexity index is 811. The van der Waals surface area contributed by atoms with Crippen LogP contribution in [0.3, 0.4) is 0 Å². The molecule has 2 aromatic rings. The molecule has 9 nitrogen and oxygen atoms in total. The lowest BCUT2D eigenvalue weighted by atomic mass is 10.1. The van der Waals surface area contributed by atoms with Crippen molar-refractivity contribution in [2.24, 2.45) is 0 Å². The van der Waals surface area contributed by atoms with Crippen molar-refractivity contribution in [3.63, 3.8) is 0 Å². The van der Waals surface area contributed by atoms with E-state index in [4.69, 9.17) is 4.74 Å². The standard InChI is InChI=1S/C18H21N5O4/c1-12-4-5-14(10-13(12)2)22-18(26)23-15(24)11-27-16(25)6-9-21-17-19-7-3-8-20-17/h3-5,7-8,10H,6,9,11H2,1-2H3,(H,19,20,21)(H2,22,23,24,26). The fourth-order valence-corrected chi connectivity index (χ4v) is 2.03. The number of benzene rings is 1. The van der Waals surface area contributed by atoms with E-state index in [1.807, 2.05) is 19.9 Å². The van der Waals surface area contributed by atoms with E-state index in [1.54, 1.807) is 30.6 Å². The molecule has 1 heterocycles. The van der Waals surface area contributed by atoms with Crippen LogP contribution in [0.25, 0.3) is 0 Å². The molecule has 0 aliphatic rings. The second-order valence-electron chi connectivity index (χ2n) is 5.71. The Morgan fingerprint density at radius 3 is 2.52 bits per heavy atom. The Morgan fingerprint density at radius 1 is 1.07 bits per heavy atom. The first-order valence-electron chi connectivity index (χ1n) is 8.28. The van der Waals surface area contributed by atoms with Crippen LogP contribution in [0.15, 0.2) is 36.7 Å². The van der Waals surface area contributed by atoms with Gasteiger partial charge in [0, 0.05) is 24.6 Å². The molecular formula is C18H21N5O4. The first kappa shape index (κ1) is 19.8. The van der Waals surface area contributed by atoms with Crippen molar-refractivity contribution in [1.82, 2.24) is 15.3 Å². The molecule has 3 N–H and O–H groups in total. The van der Waals surface area contributed by atoms with E-state index < -0.39 is 24.5 Å². The molecule has 0 bridgehead atoms. The number of amides is 3. The minimum atomic E-state index is -0.718. The fourth-order valence-electron chi connectivity index (χ4n) is 2.03. The number of rotatable bonds is 7. The second kappa shape index (κ2) is 9.85. The van der Waals surface area contributed by atoms with Crippen LogP contribution in [0, 0.1) is 13.8 Å². The lowest BCUT2D eigenvalue weighted by molar-refractivity contribution is -0.148. The number of urea groups is 1. The van der Waals surface area contributed by atoms with Crippen molar-refractivity contribution in [2.75, 3.05) is 23.8 Å². The third-order valence-electron chi connectivity index (χ3n) is 3.56. The highest BCUT2D eigenvalue weighted by molar-refractivity contribution is 6.01. The summed E-state index contributed by atoms with van der Waals surface area (Å²) in [6.45, 7) is 3.60. The SMILES string of the molecule is Cc1ccc(NC(=O)NC(=O)COC(=O)CCNc2ncccn2)cc1C. The van der Waals surface area contributed by atoms with Gasteiger partial charge < -0.3 is 15.4 Å². The van der Waals surface area contributed by atoms with Crippen LogP contribution >= 0.6 is 0 Å². The maximum atomic E-state index is 11.8. The predicted molar refractivity (Wildman–Crippen MR) is 99.2 cm³/mol. The van der Waals surface area contributed by atoms with Gasteiger partial charge in [0.2, 0.25) is 5.95 Å². The van der Waals surface area contributed by atoms with Gasteiger partial charge in [0.15, 0.2) is 6.61 Å². The van der Waals surface area contributed by atoms with Crippen molar-refractivity contribution < 1.29 is 19.1 Å². The second-order valence-corrected chi connectivity index (χ2v) is 5.71. The van der Waals surface area contributed by atoms with Crippen molar-refractivity contribution in [1.29, 1.82) is 0 Å². The molecule has 0 saturated heterocycles. The molecule has 3 amide bonds. The lowest BCUT2D eigenvalue weighted by Gasteiger charge is -2.09. The smallest absolute Gasteiger partial charge is 0.325 e. The van der Waals surface area contributed by atoms with E-state index in [1.165, 1.54) is 0 Å². The Balaban J connectivity index is 1.65. The average Bonchev–Trinajstić information content (AvgIpc) is 2.64. The fraction of sp³-hybridized carbons (Fsp3) is 0.278. The van der Waals surface area contributed by atoms with Gasteiger partial charge in [-0.2, -0.15) is 0 Å². The highest BCUT2D eigenvalue weighted by Gasteiger charge is 2.11. The van der Waals surface area contributed by atoms with E-state index in [-0.39, 0.29) is 13.0 Å². The summed E-state index contributed by atoms with van der Waals surface area (Å²) >= 11 is 0. The first-order valence-corrected chi connectivity index (χ1v) is 8.28. The number of nitrogens with one attached hydrogen (secondary N) is 3. The van der Waals surface area contributed by atoms with E-state index >= 15 is 0 Å². The van der Waals surface area contributed by atoms with Gasteiger partial charge in [0.25, 0.3) is 5.91 Å². The molecule has 2 rings (SSSR count). The van der Waals surface area contributed by atoms with E-state index in [0.29, 0.717) is 11.6 Å². The number of ether oxygens (including phenoxy) is 1. The minimum Gasteiger partial charge on any atom is -0.456 e. The summed E-state index contributed by atoms with van der Waals surface area (Å²) in [5.74, 6) is -0.904. The molecule has 142 valence electrons. The van der Waals surface area contributed by atoms with Gasteiger partial charge in [-0.3, -0.25) is 14.9 Å². The molecule has 0 aliphatic heterocycles. The summed E-state index contributed by atoms with van der Waals surface area (Å²) < 4.78 is 4.82. The van der Waals surface area contributed by atoms with Crippen LogP contribution in [0.5, 0.6) is 0 Å². The molecule has 27 heavy (non-hydrogen) atoms. The maximum Gasteiger partial charge on any atom is 0.325 e. The molecule has 0 aliphatic carbocycles. The molecule has 0 unspecified atom stereocenters. The number of hydrogen-bond acceptors (Lipinski definition) is 7. The zero-order valence-electron chi connectivity index (χ0n) is 15.1. The third kappa shape index (κ3) is 7.10. The quantitative estimate of drug-likeness (QED) is 0.634. The first-order chi connectivity index (χ1) is 12.9. The van der Waals surface area contributed by atoms with E-state index in [2.05, 4.69) is 25.9 Å². The molecule has 1 aromatic heterocycles. The summed E-state index contributed by atoms with van der Waals surface area (Å²) in [5.41, 5.74) is 2.68. The Kier molecular flexibility index (Phi) is 7.24. The van der Waals surface area contributed by atoms with Crippen molar-refractivity contribution in [2.45, 2.75) is 20.3 Å². The Morgan fingerprint density at radius 2 is 1.81 bits per heavy atom. The number of esters is 1. The predicted octanol–water partition coefficient (Wildman–Crippen LogP) is 1.79. The number of carbonyl (C=O) groups excluding carboxylic acids is 3. The summed E-state index contributed by atoms with van der Waals surface area (Å²) in [6, 6.07) is 6.37. The molecule has 0 fully saturated rings. The van der Waals surface area contributed by atoms with Gasteiger partial charge >= 0.3 is 12.0 Å². The maximum absolute atomic E-state index is 11.8. The summed E-state index contributed by atoms with van der Waals surface area (Å²) in [7, 11) is 0. The van der Waals surface area contributed by atoms with Crippen LogP contribution in [0.4, 0.5) is 16.4 Å². The molecule has 0 atom stereocenters. The van der Waals surface area contributed by atoms with Gasteiger partial charge in [-0.1, -0.05) is 6.07 Å². The van der Waals surface area contributed by atoms with E-state index in [0.717, 1.165) is 11.1 Å². The number of aromatic nitrogens is 2. The van der Waals surface area contributed by atoms with E-state index in [9.17, 15) is 14.4 Å². The molecule has 0 radical (unpaired) electrons. The zero-order chi connectivity index (χ0) is 19.6. The summed E-state index contributed by atoms with van der Waals surface area (Å²) in [6.07, 6.45) is 3.17. The van der Waals surface area contributed by atoms with Crippen molar-refractivity contribution in [3.05, 3.63) is 47.8 Å². The number of anilines is 2. The number of aryl methyl sites for hydroxylation is 2. The number of hydrogen-bond donors (Lipinski definition) is 3. The average molecular weight is 371 g/mol. The van der Waals surface area contributed by atoms with Gasteiger partial charge in [-0.25, -0.2) is 14.8 Å². The largest absolute Gasteiger partial charge is 0.456 e. The van der Waals surface area contributed by atoms with Crippen molar-refractivity contribution >= 4 is 29.5 Å². The normalized spacial score (nSPS) is 10.0.